The fraction of sp³-hybridized carbons (Fsp3) is 0.500. The molecule has 0 heterocycles. The van der Waals surface area contributed by atoms with Crippen LogP contribution in [0, 0.1) is 0 Å². The molecule has 0 bridgehead atoms. The van der Waals surface area contributed by atoms with Crippen molar-refractivity contribution < 1.29 is 38.8 Å². The van der Waals surface area contributed by atoms with Crippen molar-refractivity contribution in [2.75, 3.05) is 26.4 Å². The van der Waals surface area contributed by atoms with Gasteiger partial charge in [0.25, 0.3) is 0 Å². The third-order valence-corrected chi connectivity index (χ3v) is 3.38. The Bertz CT molecular complexity index is 583. The second kappa shape index (κ2) is 11.9. The smallest absolute Gasteiger partial charge is 0.408 e. The van der Waals surface area contributed by atoms with Gasteiger partial charge in [0.1, 0.15) is 6.61 Å². The normalized spacial score (nSPS) is 11.0. The van der Waals surface area contributed by atoms with E-state index in [9.17, 15) is 14.4 Å². The van der Waals surface area contributed by atoms with Gasteiger partial charge >= 0.3 is 18.0 Å². The third kappa shape index (κ3) is 10.8. The molecular formula is C18H25NO8. The average molecular weight is 383 g/mol. The summed E-state index contributed by atoms with van der Waals surface area (Å²) < 4.78 is 15.8. The summed E-state index contributed by atoms with van der Waals surface area (Å²) >= 11 is 0. The Morgan fingerprint density at radius 1 is 0.963 bits per heavy atom. The number of carboxylic acid groups (broad SMARTS) is 2. The summed E-state index contributed by atoms with van der Waals surface area (Å²) in [5, 5.41) is 19.9. The summed E-state index contributed by atoms with van der Waals surface area (Å²) in [6, 6.07) is 9.14. The molecule has 9 heteroatoms. The number of aliphatic carboxylic acids is 2. The van der Waals surface area contributed by atoms with Gasteiger partial charge in [0, 0.05) is 0 Å². The van der Waals surface area contributed by atoms with Gasteiger partial charge in [-0.1, -0.05) is 30.3 Å². The van der Waals surface area contributed by atoms with Gasteiger partial charge in [-0.15, -0.1) is 0 Å². The maximum absolute atomic E-state index is 12.1. The number of rotatable bonds is 13. The number of amides is 1. The zero-order chi connectivity index (χ0) is 20.1. The monoisotopic (exact) mass is 383 g/mol. The van der Waals surface area contributed by atoms with Gasteiger partial charge < -0.3 is 29.7 Å². The van der Waals surface area contributed by atoms with Gasteiger partial charge in [-0.25, -0.2) is 4.79 Å². The first kappa shape index (κ1) is 22.4. The highest BCUT2D eigenvalue weighted by molar-refractivity contribution is 5.68. The van der Waals surface area contributed by atoms with Gasteiger partial charge in [0.05, 0.1) is 44.8 Å². The lowest BCUT2D eigenvalue weighted by Gasteiger charge is -2.30. The molecule has 1 rings (SSSR count). The van der Waals surface area contributed by atoms with Gasteiger partial charge in [-0.2, -0.15) is 0 Å². The molecule has 0 fully saturated rings. The molecule has 0 saturated carbocycles. The minimum Gasteiger partial charge on any atom is -0.481 e. The molecule has 0 saturated heterocycles. The molecule has 1 aromatic rings. The zero-order valence-electron chi connectivity index (χ0n) is 15.2. The summed E-state index contributed by atoms with van der Waals surface area (Å²) in [6.45, 7) is 1.63. The Labute approximate surface area is 157 Å². The second-order valence-corrected chi connectivity index (χ2v) is 6.14. The molecule has 0 spiro atoms. The Morgan fingerprint density at radius 3 is 1.96 bits per heavy atom. The Hall–Kier alpha value is -2.65. The van der Waals surface area contributed by atoms with E-state index in [0.29, 0.717) is 0 Å². The molecule has 0 aliphatic rings. The Balaban J connectivity index is 2.52. The number of alkyl carbamates (subject to hydrolysis) is 1. The molecule has 0 unspecified atom stereocenters. The second-order valence-electron chi connectivity index (χ2n) is 6.14. The Kier molecular flexibility index (Phi) is 9.84. The molecule has 150 valence electrons. The number of hydrogen-bond acceptors (Lipinski definition) is 6. The number of carbonyl (C=O) groups is 3. The van der Waals surface area contributed by atoms with E-state index in [4.69, 9.17) is 24.4 Å². The summed E-state index contributed by atoms with van der Waals surface area (Å²) in [4.78, 5) is 33.2. The van der Waals surface area contributed by atoms with Crippen LogP contribution in [-0.2, 0) is 30.4 Å². The highest BCUT2D eigenvalue weighted by atomic mass is 16.6. The molecule has 1 aromatic carbocycles. The highest BCUT2D eigenvalue weighted by Crippen LogP contribution is 2.09. The molecule has 0 aliphatic heterocycles. The first-order chi connectivity index (χ1) is 12.8. The number of hydrogen-bond donors (Lipinski definition) is 3. The SMILES string of the molecule is CC(COCCC(=O)O)(COCCC(=O)O)NC(=O)OCc1ccccc1. The number of ether oxygens (including phenoxy) is 3. The van der Waals surface area contributed by atoms with E-state index in [1.54, 1.807) is 6.92 Å². The summed E-state index contributed by atoms with van der Waals surface area (Å²) in [5.41, 5.74) is -0.185. The van der Waals surface area contributed by atoms with E-state index < -0.39 is 23.6 Å². The van der Waals surface area contributed by atoms with E-state index in [0.717, 1.165) is 5.56 Å². The van der Waals surface area contributed by atoms with Gasteiger partial charge in [0.15, 0.2) is 0 Å². The summed E-state index contributed by atoms with van der Waals surface area (Å²) in [6.07, 6.45) is -1.03. The molecular weight excluding hydrogens is 358 g/mol. The maximum atomic E-state index is 12.1. The predicted molar refractivity (Wildman–Crippen MR) is 94.3 cm³/mol. The van der Waals surface area contributed by atoms with Gasteiger partial charge in [-0.05, 0) is 12.5 Å². The molecule has 0 atom stereocenters. The van der Waals surface area contributed by atoms with E-state index >= 15 is 0 Å². The van der Waals surface area contributed by atoms with E-state index in [1.807, 2.05) is 30.3 Å². The first-order valence-corrected chi connectivity index (χ1v) is 8.39. The molecule has 0 aromatic heterocycles. The van der Waals surface area contributed by atoms with Crippen LogP contribution in [0.2, 0.25) is 0 Å². The van der Waals surface area contributed by atoms with Crippen LogP contribution in [-0.4, -0.2) is 60.2 Å². The van der Waals surface area contributed by atoms with Crippen LogP contribution in [0.25, 0.3) is 0 Å². The standard InChI is InChI=1S/C18H25NO8/c1-18(12-25-9-7-15(20)21,13-26-10-8-16(22)23)19-17(24)27-11-14-5-3-2-4-6-14/h2-6H,7-13H2,1H3,(H,19,24)(H,20,21)(H,22,23). The summed E-state index contributed by atoms with van der Waals surface area (Å²) in [7, 11) is 0. The van der Waals surface area contributed by atoms with Crippen molar-refractivity contribution >= 4 is 18.0 Å². The van der Waals surface area contributed by atoms with Gasteiger partial charge in [0.2, 0.25) is 0 Å². The molecule has 0 aliphatic carbocycles. The molecule has 1 amide bonds. The van der Waals surface area contributed by atoms with Crippen LogP contribution in [0.4, 0.5) is 4.79 Å². The zero-order valence-corrected chi connectivity index (χ0v) is 15.2. The number of carbonyl (C=O) groups excluding carboxylic acids is 1. The number of carboxylic acids is 2. The van der Waals surface area contributed by atoms with Crippen LogP contribution < -0.4 is 5.32 Å². The maximum Gasteiger partial charge on any atom is 0.408 e. The highest BCUT2D eigenvalue weighted by Gasteiger charge is 2.28. The summed E-state index contributed by atoms with van der Waals surface area (Å²) in [5.74, 6) is -1.99. The average Bonchev–Trinajstić information content (AvgIpc) is 2.61. The van der Waals surface area contributed by atoms with Crippen molar-refractivity contribution in [3.05, 3.63) is 35.9 Å². The lowest BCUT2D eigenvalue weighted by Crippen LogP contribution is -2.53. The molecule has 0 radical (unpaired) electrons. The van der Waals surface area contributed by atoms with Gasteiger partial charge in [-0.3, -0.25) is 9.59 Å². The van der Waals surface area contributed by atoms with Crippen molar-refractivity contribution in [3.63, 3.8) is 0 Å². The van der Waals surface area contributed by atoms with Crippen LogP contribution in [0.3, 0.4) is 0 Å². The third-order valence-electron chi connectivity index (χ3n) is 3.38. The van der Waals surface area contributed by atoms with E-state index in [1.165, 1.54) is 0 Å². The molecule has 3 N–H and O–H groups in total. The Morgan fingerprint density at radius 2 is 1.48 bits per heavy atom. The number of benzene rings is 1. The minimum atomic E-state index is -1.01. The van der Waals surface area contributed by atoms with E-state index in [-0.39, 0.29) is 45.9 Å². The van der Waals surface area contributed by atoms with Crippen molar-refractivity contribution in [2.45, 2.75) is 31.9 Å². The predicted octanol–water partition coefficient (Wildman–Crippen LogP) is 1.65. The fourth-order valence-electron chi connectivity index (χ4n) is 2.03. The van der Waals surface area contributed by atoms with Crippen molar-refractivity contribution in [1.29, 1.82) is 0 Å². The van der Waals surface area contributed by atoms with E-state index in [2.05, 4.69) is 5.32 Å². The van der Waals surface area contributed by atoms with Crippen LogP contribution >= 0.6 is 0 Å². The molecule has 9 nitrogen and oxygen atoms in total. The number of nitrogens with one attached hydrogen (secondary N) is 1. The lowest BCUT2D eigenvalue weighted by molar-refractivity contribution is -0.139. The first-order valence-electron chi connectivity index (χ1n) is 8.39. The van der Waals surface area contributed by atoms with Crippen LogP contribution in [0.5, 0.6) is 0 Å². The van der Waals surface area contributed by atoms with Crippen molar-refractivity contribution in [2.24, 2.45) is 0 Å². The largest absolute Gasteiger partial charge is 0.481 e. The quantitative estimate of drug-likeness (QED) is 0.438. The minimum absolute atomic E-state index is 0.0201. The fourth-order valence-corrected chi connectivity index (χ4v) is 2.03. The van der Waals surface area contributed by atoms with Crippen molar-refractivity contribution in [3.8, 4) is 0 Å². The molecule has 27 heavy (non-hydrogen) atoms. The topological polar surface area (TPSA) is 131 Å². The van der Waals surface area contributed by atoms with Crippen LogP contribution in [0.1, 0.15) is 25.3 Å². The lowest BCUT2D eigenvalue weighted by atomic mass is 10.1. The van der Waals surface area contributed by atoms with Crippen LogP contribution in [0.15, 0.2) is 30.3 Å². The van der Waals surface area contributed by atoms with Crippen molar-refractivity contribution in [1.82, 2.24) is 5.32 Å².